The van der Waals surface area contributed by atoms with Crippen molar-refractivity contribution in [1.82, 2.24) is 4.57 Å². The van der Waals surface area contributed by atoms with Crippen LogP contribution in [0.5, 0.6) is 0 Å². The van der Waals surface area contributed by atoms with E-state index in [4.69, 9.17) is 0 Å². The van der Waals surface area contributed by atoms with Crippen LogP contribution in [0.2, 0.25) is 0 Å². The van der Waals surface area contributed by atoms with Crippen molar-refractivity contribution in [3.63, 3.8) is 0 Å². The summed E-state index contributed by atoms with van der Waals surface area (Å²) in [4.78, 5) is 7.21. The first-order valence-corrected chi connectivity index (χ1v) is 18.0. The van der Waals surface area contributed by atoms with Crippen LogP contribution in [0, 0.1) is 0 Å². The van der Waals surface area contributed by atoms with Gasteiger partial charge in [-0.1, -0.05) is 91.0 Å². The Balaban J connectivity index is 1.13. The number of hydrogen-bond donors (Lipinski definition) is 0. The standard InChI is InChI=1S/C44H31N3S2/c1-5-15-32(16-6-1)45(33-17-7-2-8-18-33)43-29-27-41(48-43)42-28-30-44(49-42)46(34-19-9-3-10-20-34)36-25-26-40-38(31-36)37-23-13-14-24-39(37)47(40)35-21-11-4-12-22-35/h1-31H. The first-order valence-electron chi connectivity index (χ1n) is 16.4. The maximum atomic E-state index is 2.39. The van der Waals surface area contributed by atoms with Crippen molar-refractivity contribution in [3.8, 4) is 15.4 Å². The second-order valence-corrected chi connectivity index (χ2v) is 14.0. The first kappa shape index (κ1) is 29.3. The molecule has 0 bridgehead atoms. The van der Waals surface area contributed by atoms with Gasteiger partial charge in [0.1, 0.15) is 10.0 Å². The molecule has 0 fully saturated rings. The molecule has 9 rings (SSSR count). The van der Waals surface area contributed by atoms with Gasteiger partial charge in [0.25, 0.3) is 0 Å². The van der Waals surface area contributed by atoms with E-state index in [0.717, 1.165) is 28.4 Å². The lowest BCUT2D eigenvalue weighted by Gasteiger charge is -2.24. The molecule has 3 nitrogen and oxygen atoms in total. The Morgan fingerprint density at radius 1 is 0.347 bits per heavy atom. The molecule has 3 aromatic heterocycles. The van der Waals surface area contributed by atoms with Crippen LogP contribution in [0.15, 0.2) is 188 Å². The number of anilines is 6. The van der Waals surface area contributed by atoms with Gasteiger partial charge in [0, 0.05) is 49.0 Å². The van der Waals surface area contributed by atoms with Gasteiger partial charge in [-0.2, -0.15) is 0 Å². The predicted molar refractivity (Wildman–Crippen MR) is 211 cm³/mol. The molecule has 0 saturated carbocycles. The summed E-state index contributed by atoms with van der Waals surface area (Å²) in [6.07, 6.45) is 0. The molecule has 0 N–H and O–H groups in total. The van der Waals surface area contributed by atoms with Crippen molar-refractivity contribution >= 4 is 77.2 Å². The third-order valence-electron chi connectivity index (χ3n) is 8.84. The summed E-state index contributed by atoms with van der Waals surface area (Å²) in [5, 5.41) is 4.84. The second-order valence-electron chi connectivity index (χ2n) is 11.8. The Bertz CT molecular complexity index is 2460. The van der Waals surface area contributed by atoms with Gasteiger partial charge >= 0.3 is 0 Å². The number of benzene rings is 6. The Labute approximate surface area is 293 Å². The molecule has 49 heavy (non-hydrogen) atoms. The average molecular weight is 666 g/mol. The van der Waals surface area contributed by atoms with Gasteiger partial charge in [-0.15, -0.1) is 22.7 Å². The molecule has 0 aliphatic carbocycles. The third kappa shape index (κ3) is 5.39. The SMILES string of the molecule is c1ccc(N(c2ccccc2)c2ccc(-c3ccc(N(c4ccccc4)c4ccc5c(c4)c4ccccc4n5-c4ccccc4)s3)s2)cc1. The summed E-state index contributed by atoms with van der Waals surface area (Å²) < 4.78 is 2.37. The number of hydrogen-bond acceptors (Lipinski definition) is 4. The number of para-hydroxylation sites is 5. The maximum Gasteiger partial charge on any atom is 0.101 e. The molecular formula is C44H31N3S2. The highest BCUT2D eigenvalue weighted by Crippen LogP contribution is 2.47. The van der Waals surface area contributed by atoms with E-state index in [2.05, 4.69) is 202 Å². The zero-order chi connectivity index (χ0) is 32.6. The Morgan fingerprint density at radius 3 is 1.35 bits per heavy atom. The van der Waals surface area contributed by atoms with Crippen molar-refractivity contribution in [3.05, 3.63) is 188 Å². The minimum absolute atomic E-state index is 1.13. The van der Waals surface area contributed by atoms with Crippen LogP contribution in [0.3, 0.4) is 0 Å². The predicted octanol–water partition coefficient (Wildman–Crippen LogP) is 13.5. The van der Waals surface area contributed by atoms with Crippen molar-refractivity contribution in [2.24, 2.45) is 0 Å². The molecule has 0 aliphatic rings. The van der Waals surface area contributed by atoms with Crippen molar-refractivity contribution in [1.29, 1.82) is 0 Å². The molecule has 5 heteroatoms. The minimum Gasteiger partial charge on any atom is -0.309 e. The van der Waals surface area contributed by atoms with Crippen LogP contribution < -0.4 is 9.80 Å². The lowest BCUT2D eigenvalue weighted by Crippen LogP contribution is -2.08. The zero-order valence-electron chi connectivity index (χ0n) is 26.6. The summed E-state index contributed by atoms with van der Waals surface area (Å²) in [7, 11) is 0. The summed E-state index contributed by atoms with van der Waals surface area (Å²) >= 11 is 3.64. The van der Waals surface area contributed by atoms with E-state index in [0.29, 0.717) is 0 Å². The molecule has 0 unspecified atom stereocenters. The van der Waals surface area contributed by atoms with E-state index in [-0.39, 0.29) is 0 Å². The first-order chi connectivity index (χ1) is 24.3. The van der Waals surface area contributed by atoms with Gasteiger partial charge < -0.3 is 14.4 Å². The maximum absolute atomic E-state index is 2.39. The van der Waals surface area contributed by atoms with E-state index in [1.54, 1.807) is 0 Å². The van der Waals surface area contributed by atoms with Crippen LogP contribution in [-0.4, -0.2) is 4.57 Å². The smallest absolute Gasteiger partial charge is 0.101 e. The van der Waals surface area contributed by atoms with Crippen LogP contribution in [0.4, 0.5) is 32.8 Å². The van der Waals surface area contributed by atoms with E-state index < -0.39 is 0 Å². The van der Waals surface area contributed by atoms with E-state index in [1.807, 2.05) is 22.7 Å². The fourth-order valence-electron chi connectivity index (χ4n) is 6.65. The largest absolute Gasteiger partial charge is 0.309 e. The van der Waals surface area contributed by atoms with Crippen molar-refractivity contribution in [2.45, 2.75) is 0 Å². The Morgan fingerprint density at radius 2 is 0.796 bits per heavy atom. The lowest BCUT2D eigenvalue weighted by atomic mass is 10.1. The third-order valence-corrected chi connectivity index (χ3v) is 11.2. The van der Waals surface area contributed by atoms with Gasteiger partial charge in [0.15, 0.2) is 0 Å². The molecule has 9 aromatic rings. The number of thiophene rings is 2. The molecule has 0 atom stereocenters. The fraction of sp³-hybridized carbons (Fsp3) is 0. The van der Waals surface area contributed by atoms with Gasteiger partial charge in [0.2, 0.25) is 0 Å². The highest BCUT2D eigenvalue weighted by Gasteiger charge is 2.20. The molecule has 0 spiro atoms. The molecule has 0 saturated heterocycles. The Kier molecular flexibility index (Phi) is 7.54. The lowest BCUT2D eigenvalue weighted by molar-refractivity contribution is 1.18. The molecule has 0 aliphatic heterocycles. The number of aromatic nitrogens is 1. The topological polar surface area (TPSA) is 11.4 Å². The summed E-state index contributed by atoms with van der Waals surface area (Å²) in [6, 6.07) is 67.1. The van der Waals surface area contributed by atoms with Gasteiger partial charge in [0.05, 0.1) is 11.0 Å². The summed E-state index contributed by atoms with van der Waals surface area (Å²) in [5.41, 5.74) is 8.13. The van der Waals surface area contributed by atoms with Gasteiger partial charge in [-0.05, 0) is 97.1 Å². The van der Waals surface area contributed by atoms with Gasteiger partial charge in [-0.3, -0.25) is 0 Å². The highest BCUT2D eigenvalue weighted by molar-refractivity contribution is 7.26. The van der Waals surface area contributed by atoms with Gasteiger partial charge in [-0.25, -0.2) is 0 Å². The molecule has 0 radical (unpaired) electrons. The minimum atomic E-state index is 1.13. The van der Waals surface area contributed by atoms with E-state index in [1.165, 1.54) is 41.6 Å². The number of nitrogens with zero attached hydrogens (tertiary/aromatic N) is 3. The number of fused-ring (bicyclic) bond motifs is 3. The zero-order valence-corrected chi connectivity index (χ0v) is 28.2. The Hall–Kier alpha value is -5.88. The normalized spacial score (nSPS) is 11.3. The van der Waals surface area contributed by atoms with E-state index >= 15 is 0 Å². The summed E-state index contributed by atoms with van der Waals surface area (Å²) in [5.74, 6) is 0. The van der Waals surface area contributed by atoms with Crippen LogP contribution in [0.1, 0.15) is 0 Å². The molecule has 234 valence electrons. The fourth-order valence-corrected chi connectivity index (χ4v) is 8.84. The highest BCUT2D eigenvalue weighted by atomic mass is 32.1. The molecular weight excluding hydrogens is 635 g/mol. The monoisotopic (exact) mass is 665 g/mol. The second kappa shape index (κ2) is 12.6. The summed E-state index contributed by atoms with van der Waals surface area (Å²) in [6.45, 7) is 0. The number of rotatable bonds is 8. The quantitative estimate of drug-likeness (QED) is 0.160. The van der Waals surface area contributed by atoms with Crippen LogP contribution in [-0.2, 0) is 0 Å². The van der Waals surface area contributed by atoms with Crippen molar-refractivity contribution in [2.75, 3.05) is 9.80 Å². The molecule has 3 heterocycles. The van der Waals surface area contributed by atoms with Crippen LogP contribution in [0.25, 0.3) is 37.2 Å². The average Bonchev–Trinajstić information content (AvgIpc) is 3.92. The van der Waals surface area contributed by atoms with Crippen molar-refractivity contribution < 1.29 is 0 Å². The van der Waals surface area contributed by atoms with Crippen LogP contribution >= 0.6 is 22.7 Å². The molecule has 0 amide bonds. The molecule has 6 aromatic carbocycles. The van der Waals surface area contributed by atoms with E-state index in [9.17, 15) is 0 Å².